The van der Waals surface area contributed by atoms with Crippen molar-refractivity contribution in [2.75, 3.05) is 0 Å². The monoisotopic (exact) mass is 291 g/mol. The lowest BCUT2D eigenvalue weighted by Crippen LogP contribution is -2.03. The molecule has 2 heterocycles. The Morgan fingerprint density at radius 3 is 2.73 bits per heavy atom. The molecule has 0 radical (unpaired) electrons. The summed E-state index contributed by atoms with van der Waals surface area (Å²) < 4.78 is 1.40. The van der Waals surface area contributed by atoms with Crippen LogP contribution in [-0.2, 0) is 0 Å². The third-order valence-electron chi connectivity index (χ3n) is 3.09. The van der Waals surface area contributed by atoms with Gasteiger partial charge in [-0.3, -0.25) is 15.1 Å². The zero-order valence-electron chi connectivity index (χ0n) is 11.2. The fourth-order valence-electron chi connectivity index (χ4n) is 2.14. The first-order valence-electron chi connectivity index (χ1n) is 6.35. The van der Waals surface area contributed by atoms with Crippen molar-refractivity contribution in [1.82, 2.24) is 14.8 Å². The highest BCUT2D eigenvalue weighted by atomic mass is 16.6. The summed E-state index contributed by atoms with van der Waals surface area (Å²) >= 11 is 0. The van der Waals surface area contributed by atoms with Gasteiger partial charge in [-0.25, -0.2) is 4.68 Å². The Balaban J connectivity index is 2.27. The Morgan fingerprint density at radius 1 is 1.23 bits per heavy atom. The van der Waals surface area contributed by atoms with Crippen LogP contribution in [0.2, 0.25) is 0 Å². The van der Waals surface area contributed by atoms with Crippen LogP contribution in [0.15, 0.2) is 54.9 Å². The lowest BCUT2D eigenvalue weighted by molar-refractivity contribution is -0.384. The van der Waals surface area contributed by atoms with Crippen LogP contribution >= 0.6 is 0 Å². The molecule has 0 unspecified atom stereocenters. The maximum atomic E-state index is 11.2. The van der Waals surface area contributed by atoms with E-state index in [9.17, 15) is 10.1 Å². The third-order valence-corrected chi connectivity index (χ3v) is 3.09. The van der Waals surface area contributed by atoms with Gasteiger partial charge in [0.1, 0.15) is 11.8 Å². The van der Waals surface area contributed by atoms with Crippen molar-refractivity contribution in [3.05, 3.63) is 70.7 Å². The number of nitro groups is 1. The van der Waals surface area contributed by atoms with Crippen LogP contribution in [0.3, 0.4) is 0 Å². The summed E-state index contributed by atoms with van der Waals surface area (Å²) in [7, 11) is 0. The molecule has 2 aromatic heterocycles. The fourth-order valence-corrected chi connectivity index (χ4v) is 2.14. The van der Waals surface area contributed by atoms with E-state index in [1.807, 2.05) is 6.07 Å². The molecule has 0 aliphatic rings. The molecular weight excluding hydrogens is 282 g/mol. The van der Waals surface area contributed by atoms with E-state index in [4.69, 9.17) is 5.26 Å². The number of para-hydroxylation sites is 2. The van der Waals surface area contributed by atoms with E-state index in [0.717, 1.165) is 5.56 Å². The average Bonchev–Trinajstić information content (AvgIpc) is 3.00. The molecule has 3 rings (SSSR count). The number of hydrogen-bond acceptors (Lipinski definition) is 5. The molecule has 0 saturated heterocycles. The van der Waals surface area contributed by atoms with Gasteiger partial charge in [-0.2, -0.15) is 10.4 Å². The minimum absolute atomic E-state index is 0.0831. The van der Waals surface area contributed by atoms with E-state index in [2.05, 4.69) is 10.1 Å². The first-order chi connectivity index (χ1) is 10.7. The number of nitrogens with zero attached hydrogens (tertiary/aromatic N) is 5. The summed E-state index contributed by atoms with van der Waals surface area (Å²) in [5, 5.41) is 24.4. The average molecular weight is 291 g/mol. The Hall–Kier alpha value is -3.53. The maximum Gasteiger partial charge on any atom is 0.294 e. The lowest BCUT2D eigenvalue weighted by Gasteiger charge is -2.07. The Bertz CT molecular complexity index is 880. The predicted molar refractivity (Wildman–Crippen MR) is 78.2 cm³/mol. The molecule has 0 N–H and O–H groups in total. The highest BCUT2D eigenvalue weighted by molar-refractivity contribution is 5.65. The van der Waals surface area contributed by atoms with Crippen LogP contribution in [0.5, 0.6) is 0 Å². The van der Waals surface area contributed by atoms with Gasteiger partial charge in [0, 0.05) is 30.1 Å². The number of nitro benzene ring substituents is 1. The quantitative estimate of drug-likeness (QED) is 0.546. The van der Waals surface area contributed by atoms with Gasteiger partial charge in [0.2, 0.25) is 0 Å². The fraction of sp³-hybridized carbons (Fsp3) is 0. The zero-order chi connectivity index (χ0) is 15.5. The third kappa shape index (κ3) is 2.29. The van der Waals surface area contributed by atoms with Gasteiger partial charge < -0.3 is 0 Å². The topological polar surface area (TPSA) is 97.6 Å². The summed E-state index contributed by atoms with van der Waals surface area (Å²) in [6.45, 7) is 0. The number of nitriles is 1. The normalized spacial score (nSPS) is 10.1. The molecule has 0 aliphatic heterocycles. The zero-order valence-corrected chi connectivity index (χ0v) is 11.2. The van der Waals surface area contributed by atoms with Crippen LogP contribution in [0.4, 0.5) is 5.69 Å². The standard InChI is InChI=1S/C15H9N5O2/c16-9-12-8-15(11-4-3-7-17-10-11)19(18-12)13-5-1-2-6-14(13)20(21)22/h1-8,10H. The Kier molecular flexibility index (Phi) is 3.34. The molecule has 0 fully saturated rings. The van der Waals surface area contributed by atoms with Gasteiger partial charge in [0.25, 0.3) is 5.69 Å². The molecule has 0 bridgehead atoms. The molecule has 3 aromatic rings. The van der Waals surface area contributed by atoms with Gasteiger partial charge >= 0.3 is 0 Å². The van der Waals surface area contributed by atoms with Gasteiger partial charge in [0.15, 0.2) is 5.69 Å². The highest BCUT2D eigenvalue weighted by Gasteiger charge is 2.19. The molecule has 22 heavy (non-hydrogen) atoms. The number of hydrogen-bond donors (Lipinski definition) is 0. The van der Waals surface area contributed by atoms with Crippen LogP contribution in [0.1, 0.15) is 5.69 Å². The van der Waals surface area contributed by atoms with Crippen molar-refractivity contribution in [1.29, 1.82) is 5.26 Å². The van der Waals surface area contributed by atoms with Gasteiger partial charge in [-0.1, -0.05) is 12.1 Å². The highest BCUT2D eigenvalue weighted by Crippen LogP contribution is 2.28. The molecule has 7 nitrogen and oxygen atoms in total. The van der Waals surface area contributed by atoms with E-state index in [-0.39, 0.29) is 11.4 Å². The molecule has 0 aliphatic carbocycles. The van der Waals surface area contributed by atoms with Gasteiger partial charge in [-0.15, -0.1) is 0 Å². The minimum Gasteiger partial charge on any atom is -0.264 e. The summed E-state index contributed by atoms with van der Waals surface area (Å²) in [5.74, 6) is 0. The summed E-state index contributed by atoms with van der Waals surface area (Å²) in [6.07, 6.45) is 3.24. The molecule has 0 amide bonds. The number of aromatic nitrogens is 3. The smallest absolute Gasteiger partial charge is 0.264 e. The van der Waals surface area contributed by atoms with E-state index in [0.29, 0.717) is 11.4 Å². The Morgan fingerprint density at radius 2 is 2.05 bits per heavy atom. The van der Waals surface area contributed by atoms with Gasteiger partial charge in [-0.05, 0) is 18.2 Å². The number of rotatable bonds is 3. The van der Waals surface area contributed by atoms with E-state index in [1.165, 1.54) is 10.7 Å². The van der Waals surface area contributed by atoms with Crippen LogP contribution in [0, 0.1) is 21.4 Å². The lowest BCUT2D eigenvalue weighted by atomic mass is 10.2. The largest absolute Gasteiger partial charge is 0.294 e. The minimum atomic E-state index is -0.476. The second-order valence-electron chi connectivity index (χ2n) is 4.43. The summed E-state index contributed by atoms with van der Waals surface area (Å²) in [5.41, 5.74) is 1.68. The molecule has 0 saturated carbocycles. The van der Waals surface area contributed by atoms with E-state index < -0.39 is 4.92 Å². The first kappa shape index (κ1) is 13.5. The molecular formula is C15H9N5O2. The van der Waals surface area contributed by atoms with Crippen LogP contribution < -0.4 is 0 Å². The number of pyridine rings is 1. The molecule has 7 heteroatoms. The van der Waals surface area contributed by atoms with Crippen molar-refractivity contribution in [3.8, 4) is 23.0 Å². The Labute approximate surface area is 125 Å². The first-order valence-corrected chi connectivity index (χ1v) is 6.35. The SMILES string of the molecule is N#Cc1cc(-c2cccnc2)n(-c2ccccc2[N+](=O)[O-])n1. The van der Waals surface area contributed by atoms with Crippen molar-refractivity contribution >= 4 is 5.69 Å². The molecule has 1 aromatic carbocycles. The van der Waals surface area contributed by atoms with Crippen LogP contribution in [0.25, 0.3) is 16.9 Å². The summed E-state index contributed by atoms with van der Waals surface area (Å²) in [6, 6.07) is 13.3. The molecule has 106 valence electrons. The van der Waals surface area contributed by atoms with E-state index >= 15 is 0 Å². The second kappa shape index (κ2) is 5.46. The number of benzene rings is 1. The van der Waals surface area contributed by atoms with Crippen molar-refractivity contribution < 1.29 is 4.92 Å². The maximum absolute atomic E-state index is 11.2. The molecule has 0 atom stereocenters. The second-order valence-corrected chi connectivity index (χ2v) is 4.43. The predicted octanol–water partition coefficient (Wildman–Crippen LogP) is 2.71. The van der Waals surface area contributed by atoms with Crippen molar-refractivity contribution in [3.63, 3.8) is 0 Å². The van der Waals surface area contributed by atoms with Crippen LogP contribution in [-0.4, -0.2) is 19.7 Å². The summed E-state index contributed by atoms with van der Waals surface area (Å²) in [4.78, 5) is 14.8. The van der Waals surface area contributed by atoms with Gasteiger partial charge in [0.05, 0.1) is 10.6 Å². The molecule has 0 spiro atoms. The van der Waals surface area contributed by atoms with E-state index in [1.54, 1.807) is 48.8 Å². The van der Waals surface area contributed by atoms with Crippen molar-refractivity contribution in [2.24, 2.45) is 0 Å². The van der Waals surface area contributed by atoms with Crippen molar-refractivity contribution in [2.45, 2.75) is 0 Å².